The highest BCUT2D eigenvalue weighted by Gasteiger charge is 2.16. The van der Waals surface area contributed by atoms with Crippen LogP contribution in [0.4, 0.5) is 5.69 Å². The third-order valence-corrected chi connectivity index (χ3v) is 2.52. The summed E-state index contributed by atoms with van der Waals surface area (Å²) in [5, 5.41) is 10.7. The average molecular weight is 279 g/mol. The summed E-state index contributed by atoms with van der Waals surface area (Å²) in [6, 6.07) is 8.52. The molecule has 2 rings (SSSR count). The van der Waals surface area contributed by atoms with Crippen LogP contribution in [0.5, 0.6) is 5.75 Å². The summed E-state index contributed by atoms with van der Waals surface area (Å²) in [6.07, 6.45) is 1.45. The number of rotatable bonds is 3. The van der Waals surface area contributed by atoms with Crippen LogP contribution in [0.15, 0.2) is 42.6 Å². The largest absolute Gasteiger partial charge is 0.422 e. The maximum Gasteiger partial charge on any atom is 0.362 e. The third-order valence-electron chi connectivity index (χ3n) is 2.20. The topological polar surface area (TPSA) is 82.3 Å². The van der Waals surface area contributed by atoms with E-state index in [9.17, 15) is 14.9 Å². The highest BCUT2D eigenvalue weighted by atomic mass is 35.5. The number of aromatic nitrogens is 1. The number of benzene rings is 1. The Morgan fingerprint density at radius 2 is 2.11 bits per heavy atom. The molecule has 0 aliphatic carbocycles. The van der Waals surface area contributed by atoms with Crippen molar-refractivity contribution in [1.29, 1.82) is 0 Å². The number of pyridine rings is 1. The maximum atomic E-state index is 11.7. The molecule has 1 heterocycles. The van der Waals surface area contributed by atoms with E-state index in [1.807, 2.05) is 0 Å². The van der Waals surface area contributed by atoms with Gasteiger partial charge in [-0.3, -0.25) is 10.1 Å². The summed E-state index contributed by atoms with van der Waals surface area (Å²) in [5.74, 6) is -0.663. The molecule has 0 aliphatic heterocycles. The fourth-order valence-corrected chi connectivity index (χ4v) is 1.53. The molecule has 0 atom stereocenters. The van der Waals surface area contributed by atoms with Gasteiger partial charge in [-0.05, 0) is 24.3 Å². The molecule has 0 fully saturated rings. The van der Waals surface area contributed by atoms with Gasteiger partial charge in [-0.1, -0.05) is 17.7 Å². The van der Waals surface area contributed by atoms with Gasteiger partial charge < -0.3 is 4.74 Å². The monoisotopic (exact) mass is 278 g/mol. The Morgan fingerprint density at radius 3 is 2.74 bits per heavy atom. The summed E-state index contributed by atoms with van der Waals surface area (Å²) in [5.41, 5.74) is -0.215. The van der Waals surface area contributed by atoms with E-state index in [0.29, 0.717) is 0 Å². The molecule has 0 aliphatic rings. The molecule has 96 valence electrons. The van der Waals surface area contributed by atoms with Crippen LogP contribution >= 0.6 is 11.6 Å². The third kappa shape index (κ3) is 3.05. The number of hydrogen-bond acceptors (Lipinski definition) is 5. The first-order valence-corrected chi connectivity index (χ1v) is 5.53. The van der Waals surface area contributed by atoms with Gasteiger partial charge in [-0.15, -0.1) is 0 Å². The smallest absolute Gasteiger partial charge is 0.362 e. The minimum absolute atomic E-state index is 0.0253. The van der Waals surface area contributed by atoms with Gasteiger partial charge in [0.05, 0.1) is 11.0 Å². The molecule has 6 nitrogen and oxygen atoms in total. The minimum atomic E-state index is -0.697. The number of ether oxygens (including phenoxy) is 1. The summed E-state index contributed by atoms with van der Waals surface area (Å²) in [7, 11) is 0. The lowest BCUT2D eigenvalue weighted by atomic mass is 10.3. The maximum absolute atomic E-state index is 11.7. The van der Waals surface area contributed by atoms with E-state index in [-0.39, 0.29) is 22.2 Å². The van der Waals surface area contributed by atoms with Crippen molar-refractivity contribution in [2.45, 2.75) is 0 Å². The molecular weight excluding hydrogens is 272 g/mol. The fraction of sp³-hybridized carbons (Fsp3) is 0. The van der Waals surface area contributed by atoms with E-state index in [4.69, 9.17) is 16.3 Å². The van der Waals surface area contributed by atoms with Gasteiger partial charge in [-0.2, -0.15) is 0 Å². The molecule has 0 unspecified atom stereocenters. The summed E-state index contributed by atoms with van der Waals surface area (Å²) < 4.78 is 4.98. The van der Waals surface area contributed by atoms with Gasteiger partial charge >= 0.3 is 5.97 Å². The molecule has 0 radical (unpaired) electrons. The Labute approximate surface area is 112 Å². The van der Waals surface area contributed by atoms with Crippen LogP contribution in [0.25, 0.3) is 0 Å². The van der Waals surface area contributed by atoms with Crippen LogP contribution in [-0.2, 0) is 0 Å². The van der Waals surface area contributed by atoms with E-state index in [1.54, 1.807) is 12.1 Å². The molecule has 0 saturated carbocycles. The van der Waals surface area contributed by atoms with Crippen LogP contribution in [0, 0.1) is 10.1 Å². The first-order chi connectivity index (χ1) is 9.08. The van der Waals surface area contributed by atoms with Crippen molar-refractivity contribution in [3.63, 3.8) is 0 Å². The molecule has 0 bridgehead atoms. The highest BCUT2D eigenvalue weighted by molar-refractivity contribution is 6.32. The van der Waals surface area contributed by atoms with Crippen LogP contribution in [0.2, 0.25) is 5.02 Å². The molecule has 0 spiro atoms. The molecule has 19 heavy (non-hydrogen) atoms. The predicted molar refractivity (Wildman–Crippen MR) is 67.3 cm³/mol. The van der Waals surface area contributed by atoms with Crippen molar-refractivity contribution in [2.75, 3.05) is 0 Å². The molecule has 2 aromatic rings. The standard InChI is InChI=1S/C12H7ClN2O4/c13-9-5-4-8(7-11(9)15(17)18)19-12(16)10-3-1-2-6-14-10/h1-7H. The van der Waals surface area contributed by atoms with Gasteiger partial charge in [-0.25, -0.2) is 9.78 Å². The molecule has 0 amide bonds. The lowest BCUT2D eigenvalue weighted by Gasteiger charge is -2.04. The zero-order valence-corrected chi connectivity index (χ0v) is 10.2. The van der Waals surface area contributed by atoms with Crippen LogP contribution in [-0.4, -0.2) is 15.9 Å². The van der Waals surface area contributed by atoms with Crippen LogP contribution in [0.3, 0.4) is 0 Å². The first-order valence-electron chi connectivity index (χ1n) is 5.15. The van der Waals surface area contributed by atoms with Crippen molar-refractivity contribution in [3.8, 4) is 5.75 Å². The van der Waals surface area contributed by atoms with Crippen molar-refractivity contribution in [1.82, 2.24) is 4.98 Å². The van der Waals surface area contributed by atoms with Crippen LogP contribution < -0.4 is 4.74 Å². The van der Waals surface area contributed by atoms with E-state index in [2.05, 4.69) is 4.98 Å². The predicted octanol–water partition coefficient (Wildman–Crippen LogP) is 2.86. The molecule has 0 N–H and O–H groups in total. The molecule has 7 heteroatoms. The second-order valence-electron chi connectivity index (χ2n) is 3.47. The highest BCUT2D eigenvalue weighted by Crippen LogP contribution is 2.28. The Bertz CT molecular complexity index is 631. The normalized spacial score (nSPS) is 9.95. The van der Waals surface area contributed by atoms with E-state index >= 15 is 0 Å². The van der Waals surface area contributed by atoms with Crippen molar-refractivity contribution in [3.05, 3.63) is 63.4 Å². The molecule has 0 saturated heterocycles. The number of nitro groups is 1. The zero-order valence-electron chi connectivity index (χ0n) is 9.45. The average Bonchev–Trinajstić information content (AvgIpc) is 2.41. The van der Waals surface area contributed by atoms with E-state index < -0.39 is 10.9 Å². The Balaban J connectivity index is 2.23. The number of halogens is 1. The van der Waals surface area contributed by atoms with Gasteiger partial charge in [0.25, 0.3) is 5.69 Å². The van der Waals surface area contributed by atoms with Gasteiger partial charge in [0.1, 0.15) is 16.5 Å². The number of carbonyl (C=O) groups is 1. The van der Waals surface area contributed by atoms with E-state index in [0.717, 1.165) is 6.07 Å². The molecular formula is C12H7ClN2O4. The number of carbonyl (C=O) groups excluding carboxylic acids is 1. The minimum Gasteiger partial charge on any atom is -0.422 e. The number of nitro benzene ring substituents is 1. The van der Waals surface area contributed by atoms with Crippen LogP contribution in [0.1, 0.15) is 10.5 Å². The second-order valence-corrected chi connectivity index (χ2v) is 3.88. The summed E-state index contributed by atoms with van der Waals surface area (Å²) in [6.45, 7) is 0. The lowest BCUT2D eigenvalue weighted by Crippen LogP contribution is -2.10. The quantitative estimate of drug-likeness (QED) is 0.373. The van der Waals surface area contributed by atoms with Gasteiger partial charge in [0.2, 0.25) is 0 Å². The number of esters is 1. The van der Waals surface area contributed by atoms with Gasteiger partial charge in [0, 0.05) is 6.20 Å². The first kappa shape index (κ1) is 13.0. The Morgan fingerprint density at radius 1 is 1.32 bits per heavy atom. The lowest BCUT2D eigenvalue weighted by molar-refractivity contribution is -0.384. The van der Waals surface area contributed by atoms with Crippen molar-refractivity contribution >= 4 is 23.3 Å². The molecule has 1 aromatic carbocycles. The zero-order chi connectivity index (χ0) is 13.8. The summed E-state index contributed by atoms with van der Waals surface area (Å²) in [4.78, 5) is 25.6. The second kappa shape index (κ2) is 5.45. The SMILES string of the molecule is O=C(Oc1ccc(Cl)c([N+](=O)[O-])c1)c1ccccn1. The summed E-state index contributed by atoms with van der Waals surface area (Å²) >= 11 is 5.65. The van der Waals surface area contributed by atoms with E-state index in [1.165, 1.54) is 24.4 Å². The number of nitrogens with zero attached hydrogens (tertiary/aromatic N) is 2. The van der Waals surface area contributed by atoms with Crippen molar-refractivity contribution < 1.29 is 14.5 Å². The Hall–Kier alpha value is -2.47. The van der Waals surface area contributed by atoms with Gasteiger partial charge in [0.15, 0.2) is 0 Å². The Kier molecular flexibility index (Phi) is 3.72. The van der Waals surface area contributed by atoms with Crippen molar-refractivity contribution in [2.24, 2.45) is 0 Å². The fourth-order valence-electron chi connectivity index (χ4n) is 1.34. The molecule has 1 aromatic heterocycles. The number of hydrogen-bond donors (Lipinski definition) is 0.